The largest absolute Gasteiger partial charge is 0.388 e. The summed E-state index contributed by atoms with van der Waals surface area (Å²) in [6, 6.07) is 6.98. The summed E-state index contributed by atoms with van der Waals surface area (Å²) < 4.78 is 0. The second-order valence-electron chi connectivity index (χ2n) is 5.26. The highest BCUT2D eigenvalue weighted by molar-refractivity contribution is 6.36. The minimum atomic E-state index is -0.731. The number of nitrogens with one attached hydrogen (secondary N) is 1. The molecule has 1 saturated carbocycles. The van der Waals surface area contributed by atoms with Crippen molar-refractivity contribution in [3.8, 4) is 0 Å². The van der Waals surface area contributed by atoms with Crippen LogP contribution < -0.4 is 5.32 Å². The number of hydrogen-bond donors (Lipinski definition) is 2. The van der Waals surface area contributed by atoms with Crippen molar-refractivity contribution in [3.63, 3.8) is 0 Å². The number of carbonyl (C=O) groups excluding carboxylic acids is 1. The second-order valence-corrected chi connectivity index (χ2v) is 5.66. The van der Waals surface area contributed by atoms with E-state index >= 15 is 0 Å². The second kappa shape index (κ2) is 5.04. The van der Waals surface area contributed by atoms with Crippen molar-refractivity contribution >= 4 is 28.4 Å². The van der Waals surface area contributed by atoms with Crippen LogP contribution in [0.3, 0.4) is 0 Å². The van der Waals surface area contributed by atoms with Gasteiger partial charge in [-0.2, -0.15) is 0 Å². The summed E-state index contributed by atoms with van der Waals surface area (Å²) in [5.74, 6) is -0.231. The molecule has 1 aliphatic carbocycles. The van der Waals surface area contributed by atoms with E-state index < -0.39 is 5.60 Å². The van der Waals surface area contributed by atoms with Crippen molar-refractivity contribution in [2.24, 2.45) is 0 Å². The SMILES string of the molecule is O=C(NCC1(O)CCC1)c1ccc(Cl)c2cccnc12. The van der Waals surface area contributed by atoms with Crippen LogP contribution in [0.2, 0.25) is 5.02 Å². The van der Waals surface area contributed by atoms with Crippen LogP contribution >= 0.6 is 11.6 Å². The Labute approximate surface area is 121 Å². The fourth-order valence-electron chi connectivity index (χ4n) is 2.42. The van der Waals surface area contributed by atoms with E-state index in [-0.39, 0.29) is 12.5 Å². The van der Waals surface area contributed by atoms with Gasteiger partial charge in [0.25, 0.3) is 5.91 Å². The summed E-state index contributed by atoms with van der Waals surface area (Å²) >= 11 is 6.10. The number of hydrogen-bond acceptors (Lipinski definition) is 3. The van der Waals surface area contributed by atoms with E-state index in [0.29, 0.717) is 16.1 Å². The van der Waals surface area contributed by atoms with Crippen LogP contribution in [0.5, 0.6) is 0 Å². The van der Waals surface area contributed by atoms with Gasteiger partial charge in [0.2, 0.25) is 0 Å². The number of aromatic nitrogens is 1. The first-order valence-electron chi connectivity index (χ1n) is 6.63. The molecule has 0 aliphatic heterocycles. The van der Waals surface area contributed by atoms with E-state index in [0.717, 1.165) is 24.6 Å². The van der Waals surface area contributed by atoms with Crippen LogP contribution in [0.25, 0.3) is 10.9 Å². The van der Waals surface area contributed by atoms with Gasteiger partial charge in [-0.1, -0.05) is 11.6 Å². The standard InChI is InChI=1S/C15H15ClN2O2/c16-12-5-4-11(13-10(12)3-1-8-17-13)14(19)18-9-15(20)6-2-7-15/h1,3-5,8,20H,2,6-7,9H2,(H,18,19). The van der Waals surface area contributed by atoms with Gasteiger partial charge >= 0.3 is 0 Å². The van der Waals surface area contributed by atoms with E-state index in [2.05, 4.69) is 10.3 Å². The zero-order chi connectivity index (χ0) is 14.2. The minimum absolute atomic E-state index is 0.231. The molecule has 0 saturated heterocycles. The summed E-state index contributed by atoms with van der Waals surface area (Å²) in [6.45, 7) is 0.281. The molecule has 0 bridgehead atoms. The van der Waals surface area contributed by atoms with E-state index in [1.165, 1.54) is 0 Å². The van der Waals surface area contributed by atoms with Crippen LogP contribution in [-0.2, 0) is 0 Å². The Balaban J connectivity index is 1.86. The van der Waals surface area contributed by atoms with Gasteiger partial charge in [-0.3, -0.25) is 9.78 Å². The first-order chi connectivity index (χ1) is 9.59. The first-order valence-corrected chi connectivity index (χ1v) is 7.01. The molecule has 20 heavy (non-hydrogen) atoms. The van der Waals surface area contributed by atoms with Gasteiger partial charge in [-0.25, -0.2) is 0 Å². The maximum Gasteiger partial charge on any atom is 0.253 e. The molecule has 2 aromatic rings. The van der Waals surface area contributed by atoms with Gasteiger partial charge in [0.1, 0.15) is 0 Å². The molecule has 5 heteroatoms. The molecular formula is C15H15ClN2O2. The number of amides is 1. The number of benzene rings is 1. The molecule has 1 aromatic heterocycles. The van der Waals surface area contributed by atoms with Gasteiger partial charge in [0, 0.05) is 18.1 Å². The Bertz CT molecular complexity index is 668. The third-order valence-corrected chi connectivity index (χ3v) is 4.15. The van der Waals surface area contributed by atoms with Crippen molar-refractivity contribution in [2.45, 2.75) is 24.9 Å². The average Bonchev–Trinajstić information content (AvgIpc) is 2.43. The summed E-state index contributed by atoms with van der Waals surface area (Å²) in [4.78, 5) is 16.5. The molecule has 1 aliphatic rings. The molecule has 1 heterocycles. The monoisotopic (exact) mass is 290 g/mol. The molecule has 4 nitrogen and oxygen atoms in total. The lowest BCUT2D eigenvalue weighted by Gasteiger charge is -2.36. The van der Waals surface area contributed by atoms with Crippen molar-refractivity contribution in [3.05, 3.63) is 41.0 Å². The molecule has 3 rings (SSSR count). The summed E-state index contributed by atoms with van der Waals surface area (Å²) in [7, 11) is 0. The number of halogens is 1. The maximum absolute atomic E-state index is 12.3. The highest BCUT2D eigenvalue weighted by atomic mass is 35.5. The van der Waals surface area contributed by atoms with Gasteiger partial charge in [0.15, 0.2) is 0 Å². The zero-order valence-corrected chi connectivity index (χ0v) is 11.7. The lowest BCUT2D eigenvalue weighted by molar-refractivity contribution is -0.0300. The highest BCUT2D eigenvalue weighted by Gasteiger charge is 2.34. The van der Waals surface area contributed by atoms with Crippen molar-refractivity contribution < 1.29 is 9.90 Å². The molecule has 2 N–H and O–H groups in total. The third kappa shape index (κ3) is 2.37. The van der Waals surface area contributed by atoms with Crippen molar-refractivity contribution in [1.29, 1.82) is 0 Å². The number of fused-ring (bicyclic) bond motifs is 1. The van der Waals surface area contributed by atoms with Crippen LogP contribution in [0, 0.1) is 0 Å². The summed E-state index contributed by atoms with van der Waals surface area (Å²) in [6.07, 6.45) is 4.13. The summed E-state index contributed by atoms with van der Waals surface area (Å²) in [5, 5.41) is 14.1. The van der Waals surface area contributed by atoms with Crippen LogP contribution in [0.4, 0.5) is 0 Å². The van der Waals surface area contributed by atoms with E-state index in [1.54, 1.807) is 24.4 Å². The molecule has 0 radical (unpaired) electrons. The number of rotatable bonds is 3. The maximum atomic E-state index is 12.3. The third-order valence-electron chi connectivity index (χ3n) is 3.82. The van der Waals surface area contributed by atoms with E-state index in [4.69, 9.17) is 11.6 Å². The molecule has 1 fully saturated rings. The fourth-order valence-corrected chi connectivity index (χ4v) is 2.64. The lowest BCUT2D eigenvalue weighted by Crippen LogP contribution is -2.47. The summed E-state index contributed by atoms with van der Waals surface area (Å²) in [5.41, 5.74) is 0.330. The number of aliphatic hydroxyl groups is 1. The number of pyridine rings is 1. The van der Waals surface area contributed by atoms with Crippen LogP contribution in [0.15, 0.2) is 30.5 Å². The molecule has 1 aromatic carbocycles. The molecular weight excluding hydrogens is 276 g/mol. The number of carbonyl (C=O) groups is 1. The van der Waals surface area contributed by atoms with Gasteiger partial charge < -0.3 is 10.4 Å². The van der Waals surface area contributed by atoms with Crippen LogP contribution in [-0.4, -0.2) is 28.1 Å². The van der Waals surface area contributed by atoms with Crippen LogP contribution in [0.1, 0.15) is 29.6 Å². The number of nitrogens with zero attached hydrogens (tertiary/aromatic N) is 1. The Morgan fingerprint density at radius 1 is 1.40 bits per heavy atom. The molecule has 0 spiro atoms. The van der Waals surface area contributed by atoms with Gasteiger partial charge in [-0.05, 0) is 43.5 Å². The first kappa shape index (κ1) is 13.3. The highest BCUT2D eigenvalue weighted by Crippen LogP contribution is 2.31. The Kier molecular flexibility index (Phi) is 3.36. The van der Waals surface area contributed by atoms with Crippen molar-refractivity contribution in [1.82, 2.24) is 10.3 Å². The Morgan fingerprint density at radius 2 is 2.20 bits per heavy atom. The molecule has 1 amide bonds. The fraction of sp³-hybridized carbons (Fsp3) is 0.333. The normalized spacial score (nSPS) is 16.7. The molecule has 0 unspecified atom stereocenters. The topological polar surface area (TPSA) is 62.2 Å². The lowest BCUT2D eigenvalue weighted by atomic mass is 9.80. The predicted octanol–water partition coefficient (Wildman–Crippen LogP) is 2.53. The quantitative estimate of drug-likeness (QED) is 0.913. The average molecular weight is 291 g/mol. The van der Waals surface area contributed by atoms with Gasteiger partial charge in [-0.15, -0.1) is 0 Å². The molecule has 104 valence electrons. The predicted molar refractivity (Wildman–Crippen MR) is 77.9 cm³/mol. The Hall–Kier alpha value is -1.65. The minimum Gasteiger partial charge on any atom is -0.388 e. The van der Waals surface area contributed by atoms with Gasteiger partial charge in [0.05, 0.1) is 21.7 Å². The Morgan fingerprint density at radius 3 is 2.90 bits per heavy atom. The smallest absolute Gasteiger partial charge is 0.253 e. The van der Waals surface area contributed by atoms with Crippen molar-refractivity contribution in [2.75, 3.05) is 6.54 Å². The van der Waals surface area contributed by atoms with E-state index in [1.807, 2.05) is 6.07 Å². The van der Waals surface area contributed by atoms with E-state index in [9.17, 15) is 9.90 Å². The zero-order valence-electron chi connectivity index (χ0n) is 10.9. The molecule has 0 atom stereocenters.